The number of aromatic hydroxyl groups is 1. The first-order valence-corrected chi connectivity index (χ1v) is 16.6. The summed E-state index contributed by atoms with van der Waals surface area (Å²) in [5.41, 5.74) is 2.40. The Morgan fingerprint density at radius 1 is 0.911 bits per heavy atom. The Morgan fingerprint density at radius 2 is 1.53 bits per heavy atom. The van der Waals surface area contributed by atoms with Gasteiger partial charge in [-0.2, -0.15) is 30.7 Å². The zero-order valence-corrected chi connectivity index (χ0v) is 26.6. The number of halogens is 8. The maximum Gasteiger partial charge on any atom is 0.459 e. The van der Waals surface area contributed by atoms with E-state index in [2.05, 4.69) is 11.8 Å². The Balaban J connectivity index is 1.22. The molecular weight excluding hydrogens is 606 g/mol. The second-order valence-electron chi connectivity index (χ2n) is 14.4. The molecule has 1 aromatic rings. The van der Waals surface area contributed by atoms with Crippen LogP contribution in [0.15, 0.2) is 12.1 Å². The molecule has 0 amide bonds. The van der Waals surface area contributed by atoms with Crippen LogP contribution in [0.5, 0.6) is 5.75 Å². The molecule has 3 aliphatic carbocycles. The van der Waals surface area contributed by atoms with Gasteiger partial charge in [0.1, 0.15) is 11.9 Å². The molecule has 7 atom stereocenters. The van der Waals surface area contributed by atoms with Crippen LogP contribution in [0.25, 0.3) is 0 Å². The number of aliphatic hydroxyl groups is 1. The van der Waals surface area contributed by atoms with Gasteiger partial charge in [-0.15, -0.1) is 0 Å². The van der Waals surface area contributed by atoms with Crippen LogP contribution in [-0.2, 0) is 6.42 Å². The number of phenols is 1. The van der Waals surface area contributed by atoms with Crippen molar-refractivity contribution in [2.75, 3.05) is 20.1 Å². The lowest BCUT2D eigenvalue weighted by Crippen LogP contribution is -2.51. The first-order valence-electron chi connectivity index (χ1n) is 16.6. The van der Waals surface area contributed by atoms with Gasteiger partial charge in [0, 0.05) is 12.3 Å². The molecule has 45 heavy (non-hydrogen) atoms. The minimum atomic E-state index is -6.28. The highest BCUT2D eigenvalue weighted by atomic mass is 19.4. The third-order valence-corrected chi connectivity index (χ3v) is 11.3. The highest BCUT2D eigenvalue weighted by Gasteiger charge is 2.72. The summed E-state index contributed by atoms with van der Waals surface area (Å²) in [6.45, 7) is 5.38. The predicted octanol–water partition coefficient (Wildman–Crippen LogP) is 9.37. The Morgan fingerprint density at radius 3 is 2.18 bits per heavy atom. The van der Waals surface area contributed by atoms with Gasteiger partial charge < -0.3 is 15.1 Å². The zero-order valence-electron chi connectivity index (χ0n) is 26.6. The molecule has 0 aromatic heterocycles. The van der Waals surface area contributed by atoms with Gasteiger partial charge in [-0.1, -0.05) is 38.7 Å². The molecule has 3 nitrogen and oxygen atoms in total. The van der Waals surface area contributed by atoms with Crippen LogP contribution in [0.2, 0.25) is 0 Å². The Hall–Kier alpha value is -1.62. The van der Waals surface area contributed by atoms with Gasteiger partial charge in [-0.05, 0) is 124 Å². The van der Waals surface area contributed by atoms with Crippen LogP contribution >= 0.6 is 0 Å². The molecule has 0 bridgehead atoms. The van der Waals surface area contributed by atoms with Crippen molar-refractivity contribution in [3.63, 3.8) is 0 Å². The number of alkyl halides is 8. The number of fused-ring (bicyclic) bond motifs is 5. The quantitative estimate of drug-likeness (QED) is 0.155. The van der Waals surface area contributed by atoms with E-state index in [9.17, 15) is 40.9 Å². The Labute approximate surface area is 261 Å². The molecule has 4 rings (SSSR count). The molecular formula is C34H49F8NO2. The molecule has 0 aliphatic heterocycles. The van der Waals surface area contributed by atoms with E-state index in [1.54, 1.807) is 0 Å². The van der Waals surface area contributed by atoms with E-state index >= 15 is 4.39 Å². The van der Waals surface area contributed by atoms with Crippen LogP contribution in [0.3, 0.4) is 0 Å². The number of benzene rings is 1. The van der Waals surface area contributed by atoms with Crippen LogP contribution in [0.4, 0.5) is 35.1 Å². The van der Waals surface area contributed by atoms with Gasteiger partial charge in [-0.25, -0.2) is 4.39 Å². The second-order valence-corrected chi connectivity index (χ2v) is 14.4. The summed E-state index contributed by atoms with van der Waals surface area (Å²) in [6, 6.07) is 3.78. The molecule has 11 heteroatoms. The summed E-state index contributed by atoms with van der Waals surface area (Å²) in [7, 11) is 1.94. The number of rotatable bonds is 14. The Bertz CT molecular complexity index is 1140. The van der Waals surface area contributed by atoms with Crippen molar-refractivity contribution in [1.82, 2.24) is 4.90 Å². The molecule has 3 aliphatic rings. The van der Waals surface area contributed by atoms with E-state index in [4.69, 9.17) is 0 Å². The first kappa shape index (κ1) is 36.2. The number of unbranched alkanes of at least 4 members (excludes halogenated alkanes) is 5. The van der Waals surface area contributed by atoms with Crippen molar-refractivity contribution in [1.29, 1.82) is 0 Å². The SMILES string of the molecule is Cc1cc2c(cc1O)C[C@@H](CCCCCN(C)CCCCCCC(F)(F)C(F)(F)C(F)(F)F)C1C2[C@@H](F)C[C@@]2(C)C1CC[C@@H]2O. The number of nitrogens with zero attached hydrogens (tertiary/aromatic N) is 1. The summed E-state index contributed by atoms with van der Waals surface area (Å²) in [6.07, 6.45) is -1.91. The highest BCUT2D eigenvalue weighted by Crippen LogP contribution is 2.63. The number of hydrogen-bond donors (Lipinski definition) is 2. The molecule has 1 aromatic carbocycles. The average Bonchev–Trinajstić information content (AvgIpc) is 3.23. The fourth-order valence-electron chi connectivity index (χ4n) is 8.71. The van der Waals surface area contributed by atoms with E-state index < -0.39 is 48.6 Å². The molecule has 2 fully saturated rings. The fourth-order valence-corrected chi connectivity index (χ4v) is 8.71. The smallest absolute Gasteiger partial charge is 0.459 e. The van der Waals surface area contributed by atoms with Gasteiger partial charge in [0.05, 0.1) is 6.10 Å². The molecule has 0 saturated heterocycles. The third-order valence-electron chi connectivity index (χ3n) is 11.3. The van der Waals surface area contributed by atoms with Crippen LogP contribution in [-0.4, -0.2) is 65.5 Å². The van der Waals surface area contributed by atoms with Crippen molar-refractivity contribution >= 4 is 0 Å². The van der Waals surface area contributed by atoms with Gasteiger partial charge >= 0.3 is 18.0 Å². The predicted molar refractivity (Wildman–Crippen MR) is 158 cm³/mol. The van der Waals surface area contributed by atoms with Crippen molar-refractivity contribution in [2.45, 2.75) is 134 Å². The lowest BCUT2D eigenvalue weighted by molar-refractivity contribution is -0.355. The summed E-state index contributed by atoms with van der Waals surface area (Å²) in [5, 5.41) is 21.3. The lowest BCUT2D eigenvalue weighted by Gasteiger charge is -2.54. The fraction of sp³-hybridized carbons (Fsp3) is 0.824. The number of phenolic OH excluding ortho intramolecular Hbond substituents is 1. The van der Waals surface area contributed by atoms with E-state index in [0.717, 1.165) is 61.8 Å². The summed E-state index contributed by atoms with van der Waals surface area (Å²) < 4.78 is 106. The van der Waals surface area contributed by atoms with E-state index in [1.807, 2.05) is 26.1 Å². The molecule has 0 heterocycles. The molecule has 3 unspecified atom stereocenters. The number of aliphatic hydroxyl groups excluding tert-OH is 1. The monoisotopic (exact) mass is 655 g/mol. The van der Waals surface area contributed by atoms with Crippen LogP contribution in [0, 0.1) is 30.1 Å². The average molecular weight is 656 g/mol. The number of aryl methyl sites for hydroxylation is 1. The van der Waals surface area contributed by atoms with E-state index in [1.165, 1.54) is 0 Å². The minimum absolute atomic E-state index is 0.148. The van der Waals surface area contributed by atoms with Crippen molar-refractivity contribution in [2.24, 2.45) is 23.2 Å². The topological polar surface area (TPSA) is 43.7 Å². The molecule has 2 N–H and O–H groups in total. The molecule has 2 saturated carbocycles. The van der Waals surface area contributed by atoms with Crippen molar-refractivity contribution in [3.8, 4) is 5.75 Å². The minimum Gasteiger partial charge on any atom is -0.508 e. The standard InChI is InChI=1S/C34H49F8NO2/c1-21-17-24-23(19-27(21)44)18-22(29-25-12-13-28(45)31(25,2)20-26(35)30(24)29)11-7-6-10-16-43(3)15-9-5-4-8-14-32(36,37)33(38,39)34(40,41)42/h17,19,22,25-26,28-30,44-45H,4-16,18,20H2,1-3H3/t22-,25?,26+,28+,29?,30?,31+/m1/s1. The summed E-state index contributed by atoms with van der Waals surface area (Å²) >= 11 is 0. The van der Waals surface area contributed by atoms with Crippen molar-refractivity contribution < 1.29 is 45.3 Å². The van der Waals surface area contributed by atoms with E-state index in [0.29, 0.717) is 32.2 Å². The maximum absolute atomic E-state index is 16.0. The molecule has 0 radical (unpaired) electrons. The largest absolute Gasteiger partial charge is 0.508 e. The van der Waals surface area contributed by atoms with Crippen LogP contribution < -0.4 is 0 Å². The summed E-state index contributed by atoms with van der Waals surface area (Å²) in [4.78, 5) is 2.10. The normalized spacial score (nSPS) is 30.3. The van der Waals surface area contributed by atoms with Gasteiger partial charge in [0.25, 0.3) is 0 Å². The van der Waals surface area contributed by atoms with Gasteiger partial charge in [0.15, 0.2) is 0 Å². The maximum atomic E-state index is 16.0. The highest BCUT2D eigenvalue weighted by molar-refractivity contribution is 5.46. The van der Waals surface area contributed by atoms with Crippen LogP contribution in [0.1, 0.15) is 107 Å². The third kappa shape index (κ3) is 7.44. The van der Waals surface area contributed by atoms with Crippen molar-refractivity contribution in [3.05, 3.63) is 28.8 Å². The van der Waals surface area contributed by atoms with Gasteiger partial charge in [-0.3, -0.25) is 0 Å². The molecule has 0 spiro atoms. The van der Waals surface area contributed by atoms with Gasteiger partial charge in [0.2, 0.25) is 0 Å². The number of hydrogen-bond acceptors (Lipinski definition) is 3. The second kappa shape index (κ2) is 13.9. The Kier molecular flexibility index (Phi) is 11.1. The molecule has 258 valence electrons. The lowest BCUT2D eigenvalue weighted by atomic mass is 9.51. The first-order chi connectivity index (χ1) is 20.9. The zero-order chi connectivity index (χ0) is 33.4. The summed E-state index contributed by atoms with van der Waals surface area (Å²) in [5.74, 6) is -10.5. The van der Waals surface area contributed by atoms with E-state index in [-0.39, 0.29) is 35.8 Å².